The molecule has 0 aliphatic heterocycles. The molecular weight excluding hydrogens is 260 g/mol. The van der Waals surface area contributed by atoms with Crippen LogP contribution in [0, 0.1) is 0 Å². The molecule has 0 saturated carbocycles. The second-order valence-electron chi connectivity index (χ2n) is 4.19. The van der Waals surface area contributed by atoms with Crippen LogP contribution in [0.1, 0.15) is 23.7 Å². The number of Topliss-reactive ketones (excluding diaryl/α,β-unsaturated/α-hetero) is 1. The number of carbonyl (C=O) groups excluding carboxylic acids is 3. The fourth-order valence-electron chi connectivity index (χ4n) is 1.50. The molecule has 6 nitrogen and oxygen atoms in total. The summed E-state index contributed by atoms with van der Waals surface area (Å²) in [5, 5.41) is 4.92. The van der Waals surface area contributed by atoms with Crippen molar-refractivity contribution in [3.05, 3.63) is 29.8 Å². The van der Waals surface area contributed by atoms with Gasteiger partial charge in [-0.15, -0.1) is 0 Å². The van der Waals surface area contributed by atoms with E-state index in [0.29, 0.717) is 30.8 Å². The van der Waals surface area contributed by atoms with Crippen LogP contribution in [0.4, 0.5) is 5.69 Å². The first kappa shape index (κ1) is 15.8. The van der Waals surface area contributed by atoms with Gasteiger partial charge in [-0.1, -0.05) is 12.1 Å². The number of benzene rings is 1. The van der Waals surface area contributed by atoms with Crippen molar-refractivity contribution >= 4 is 23.3 Å². The standard InChI is InChI=1S/C14H18N2O4/c1-10(17)11-5-3-6-12(9-11)16-14(19)13(18)15-7-4-8-20-2/h3,5-6,9H,4,7-8H2,1-2H3,(H,15,18)(H,16,19). The van der Waals surface area contributed by atoms with E-state index in [2.05, 4.69) is 10.6 Å². The number of ketones is 1. The minimum absolute atomic E-state index is 0.106. The molecular formula is C14H18N2O4. The molecule has 0 aromatic heterocycles. The largest absolute Gasteiger partial charge is 0.385 e. The molecule has 0 unspecified atom stereocenters. The van der Waals surface area contributed by atoms with Gasteiger partial charge < -0.3 is 15.4 Å². The lowest BCUT2D eigenvalue weighted by Crippen LogP contribution is -2.36. The molecule has 1 rings (SSSR count). The van der Waals surface area contributed by atoms with Gasteiger partial charge >= 0.3 is 11.8 Å². The predicted octanol–water partition coefficient (Wildman–Crippen LogP) is 0.980. The van der Waals surface area contributed by atoms with Crippen molar-refractivity contribution < 1.29 is 19.1 Å². The van der Waals surface area contributed by atoms with Crippen LogP contribution < -0.4 is 10.6 Å². The highest BCUT2D eigenvalue weighted by atomic mass is 16.5. The Morgan fingerprint density at radius 2 is 1.95 bits per heavy atom. The van der Waals surface area contributed by atoms with Gasteiger partial charge in [0.1, 0.15) is 0 Å². The van der Waals surface area contributed by atoms with Gasteiger partial charge in [0.2, 0.25) is 0 Å². The maximum Gasteiger partial charge on any atom is 0.313 e. The fourth-order valence-corrected chi connectivity index (χ4v) is 1.50. The van der Waals surface area contributed by atoms with Gasteiger partial charge in [-0.05, 0) is 25.5 Å². The second-order valence-corrected chi connectivity index (χ2v) is 4.19. The molecule has 0 spiro atoms. The van der Waals surface area contributed by atoms with Gasteiger partial charge in [0.25, 0.3) is 0 Å². The third kappa shape index (κ3) is 5.19. The van der Waals surface area contributed by atoms with Crippen molar-refractivity contribution in [3.8, 4) is 0 Å². The van der Waals surface area contributed by atoms with Crippen LogP contribution in [0.3, 0.4) is 0 Å². The molecule has 108 valence electrons. The maximum absolute atomic E-state index is 11.6. The zero-order chi connectivity index (χ0) is 15.0. The van der Waals surface area contributed by atoms with Gasteiger partial charge in [0.05, 0.1) is 0 Å². The Morgan fingerprint density at radius 1 is 1.20 bits per heavy atom. The Hall–Kier alpha value is -2.21. The molecule has 0 heterocycles. The van der Waals surface area contributed by atoms with Gasteiger partial charge in [0, 0.05) is 31.5 Å². The summed E-state index contributed by atoms with van der Waals surface area (Å²) in [5.41, 5.74) is 0.887. The van der Waals surface area contributed by atoms with Crippen molar-refractivity contribution in [1.29, 1.82) is 0 Å². The van der Waals surface area contributed by atoms with Crippen LogP contribution in [0.25, 0.3) is 0 Å². The third-order valence-electron chi connectivity index (χ3n) is 2.54. The Morgan fingerprint density at radius 3 is 2.60 bits per heavy atom. The predicted molar refractivity (Wildman–Crippen MR) is 74.6 cm³/mol. The highest BCUT2D eigenvalue weighted by molar-refractivity contribution is 6.39. The summed E-state index contributed by atoms with van der Waals surface area (Å²) in [6, 6.07) is 6.42. The average Bonchev–Trinajstić information content (AvgIpc) is 2.43. The lowest BCUT2D eigenvalue weighted by Gasteiger charge is -2.07. The van der Waals surface area contributed by atoms with Crippen molar-refractivity contribution in [2.24, 2.45) is 0 Å². The van der Waals surface area contributed by atoms with E-state index >= 15 is 0 Å². The fraction of sp³-hybridized carbons (Fsp3) is 0.357. The summed E-state index contributed by atoms with van der Waals surface area (Å²) in [7, 11) is 1.57. The van der Waals surface area contributed by atoms with E-state index in [-0.39, 0.29) is 5.78 Å². The first-order chi connectivity index (χ1) is 9.54. The summed E-state index contributed by atoms with van der Waals surface area (Å²) in [6.07, 6.45) is 0.634. The van der Waals surface area contributed by atoms with E-state index in [4.69, 9.17) is 4.74 Å². The van der Waals surface area contributed by atoms with E-state index in [0.717, 1.165) is 0 Å². The topological polar surface area (TPSA) is 84.5 Å². The summed E-state index contributed by atoms with van der Waals surface area (Å²) in [6.45, 7) is 2.32. The number of amides is 2. The first-order valence-electron chi connectivity index (χ1n) is 6.23. The van der Waals surface area contributed by atoms with Crippen molar-refractivity contribution in [2.75, 3.05) is 25.6 Å². The van der Waals surface area contributed by atoms with Crippen molar-refractivity contribution in [1.82, 2.24) is 5.32 Å². The van der Waals surface area contributed by atoms with Crippen LogP contribution in [-0.2, 0) is 14.3 Å². The zero-order valence-corrected chi connectivity index (χ0v) is 11.6. The summed E-state index contributed by atoms with van der Waals surface area (Å²) in [4.78, 5) is 34.3. The monoisotopic (exact) mass is 278 g/mol. The summed E-state index contributed by atoms with van der Waals surface area (Å²) < 4.78 is 4.83. The first-order valence-corrected chi connectivity index (χ1v) is 6.23. The van der Waals surface area contributed by atoms with E-state index in [1.165, 1.54) is 13.0 Å². The number of hydrogen-bond donors (Lipinski definition) is 2. The lowest BCUT2D eigenvalue weighted by molar-refractivity contribution is -0.136. The summed E-state index contributed by atoms with van der Waals surface area (Å²) >= 11 is 0. The minimum atomic E-state index is -0.761. The minimum Gasteiger partial charge on any atom is -0.385 e. The highest BCUT2D eigenvalue weighted by Crippen LogP contribution is 2.10. The molecule has 1 aromatic carbocycles. The molecule has 0 radical (unpaired) electrons. The number of ether oxygens (including phenoxy) is 1. The Balaban J connectivity index is 2.51. The van der Waals surface area contributed by atoms with E-state index in [1.54, 1.807) is 25.3 Å². The van der Waals surface area contributed by atoms with Gasteiger partial charge in [-0.25, -0.2) is 0 Å². The Bertz CT molecular complexity index is 500. The van der Waals surface area contributed by atoms with Crippen molar-refractivity contribution in [2.45, 2.75) is 13.3 Å². The molecule has 0 bridgehead atoms. The number of methoxy groups -OCH3 is 1. The quantitative estimate of drug-likeness (QED) is 0.461. The second kappa shape index (κ2) is 8.06. The Labute approximate surface area is 117 Å². The smallest absolute Gasteiger partial charge is 0.313 e. The molecule has 0 fully saturated rings. The molecule has 0 aliphatic rings. The lowest BCUT2D eigenvalue weighted by atomic mass is 10.1. The zero-order valence-electron chi connectivity index (χ0n) is 11.6. The van der Waals surface area contributed by atoms with Crippen LogP contribution in [0.5, 0.6) is 0 Å². The molecule has 6 heteroatoms. The number of rotatable bonds is 6. The average molecular weight is 278 g/mol. The number of anilines is 1. The summed E-state index contributed by atoms with van der Waals surface area (Å²) in [5.74, 6) is -1.58. The molecule has 20 heavy (non-hydrogen) atoms. The third-order valence-corrected chi connectivity index (χ3v) is 2.54. The Kier molecular flexibility index (Phi) is 6.39. The maximum atomic E-state index is 11.6. The molecule has 2 amide bonds. The molecule has 0 atom stereocenters. The SMILES string of the molecule is COCCCNC(=O)C(=O)Nc1cccc(C(C)=O)c1. The molecule has 1 aromatic rings. The van der Waals surface area contributed by atoms with Gasteiger partial charge in [0.15, 0.2) is 5.78 Å². The van der Waals surface area contributed by atoms with Crippen LogP contribution in [0.2, 0.25) is 0 Å². The van der Waals surface area contributed by atoms with Gasteiger partial charge in [-0.2, -0.15) is 0 Å². The van der Waals surface area contributed by atoms with E-state index in [1.807, 2.05) is 0 Å². The van der Waals surface area contributed by atoms with Crippen LogP contribution in [0.15, 0.2) is 24.3 Å². The number of nitrogens with one attached hydrogen (secondary N) is 2. The van der Waals surface area contributed by atoms with Crippen LogP contribution >= 0.6 is 0 Å². The normalized spacial score (nSPS) is 9.90. The van der Waals surface area contributed by atoms with E-state index < -0.39 is 11.8 Å². The molecule has 2 N–H and O–H groups in total. The molecule has 0 aliphatic carbocycles. The number of hydrogen-bond acceptors (Lipinski definition) is 4. The van der Waals surface area contributed by atoms with Crippen LogP contribution in [-0.4, -0.2) is 37.9 Å². The molecule has 0 saturated heterocycles. The highest BCUT2D eigenvalue weighted by Gasteiger charge is 2.13. The van der Waals surface area contributed by atoms with Gasteiger partial charge in [-0.3, -0.25) is 14.4 Å². The number of carbonyl (C=O) groups is 3. The van der Waals surface area contributed by atoms with E-state index in [9.17, 15) is 14.4 Å². The van der Waals surface area contributed by atoms with Crippen molar-refractivity contribution in [3.63, 3.8) is 0 Å².